The summed E-state index contributed by atoms with van der Waals surface area (Å²) in [4.78, 5) is 32.4. The van der Waals surface area contributed by atoms with Crippen molar-refractivity contribution in [3.05, 3.63) is 80.5 Å². The Morgan fingerprint density at radius 2 is 1.97 bits per heavy atom. The number of aromatic nitrogens is 3. The number of carbonyl (C=O) groups excluding carboxylic acids is 1. The number of carbonyl (C=O) groups is 1. The minimum absolute atomic E-state index is 0.100. The Labute approximate surface area is 201 Å². The minimum atomic E-state index is -0.458. The first-order chi connectivity index (χ1) is 16.2. The second-order valence-corrected chi connectivity index (χ2v) is 9.49. The molecule has 0 radical (unpaired) electrons. The van der Waals surface area contributed by atoms with Crippen molar-refractivity contribution < 1.29 is 13.9 Å². The summed E-state index contributed by atoms with van der Waals surface area (Å²) >= 11 is 5.90. The number of ether oxygens (including phenoxy) is 1. The molecule has 2 aromatic heterocycles. The molecule has 2 aliphatic rings. The molecule has 0 bridgehead atoms. The second-order valence-electron chi connectivity index (χ2n) is 9.09. The summed E-state index contributed by atoms with van der Waals surface area (Å²) in [5.74, 6) is -0.647. The summed E-state index contributed by atoms with van der Waals surface area (Å²) in [6, 6.07) is 6.25. The van der Waals surface area contributed by atoms with Crippen LogP contribution in [0.25, 0.3) is 5.69 Å². The number of nitrogens with zero attached hydrogens (tertiary/aromatic N) is 4. The maximum atomic E-state index is 14.0. The molecule has 5 rings (SSSR count). The van der Waals surface area contributed by atoms with Gasteiger partial charge in [-0.1, -0.05) is 11.6 Å². The predicted octanol–water partition coefficient (Wildman–Crippen LogP) is 4.21. The van der Waals surface area contributed by atoms with Crippen molar-refractivity contribution in [1.82, 2.24) is 19.0 Å². The summed E-state index contributed by atoms with van der Waals surface area (Å²) in [7, 11) is 0. The number of imidazole rings is 1. The van der Waals surface area contributed by atoms with Gasteiger partial charge in [-0.3, -0.25) is 9.59 Å². The van der Waals surface area contributed by atoms with Crippen molar-refractivity contribution in [1.29, 1.82) is 0 Å². The van der Waals surface area contributed by atoms with Crippen LogP contribution in [0.1, 0.15) is 53.2 Å². The van der Waals surface area contributed by atoms with Crippen LogP contribution in [0.3, 0.4) is 0 Å². The number of pyridine rings is 1. The van der Waals surface area contributed by atoms with Crippen LogP contribution < -0.4 is 5.56 Å². The lowest BCUT2D eigenvalue weighted by atomic mass is 10.00. The van der Waals surface area contributed by atoms with Gasteiger partial charge in [-0.25, -0.2) is 9.37 Å². The van der Waals surface area contributed by atoms with Crippen molar-refractivity contribution >= 4 is 17.5 Å². The van der Waals surface area contributed by atoms with Crippen LogP contribution in [0.5, 0.6) is 0 Å². The molecule has 0 saturated carbocycles. The van der Waals surface area contributed by atoms with Crippen LogP contribution in [0.4, 0.5) is 4.39 Å². The van der Waals surface area contributed by atoms with E-state index in [4.69, 9.17) is 16.3 Å². The number of benzene rings is 1. The van der Waals surface area contributed by atoms with Gasteiger partial charge < -0.3 is 18.8 Å². The van der Waals surface area contributed by atoms with Crippen LogP contribution in [0.15, 0.2) is 41.6 Å². The highest BCUT2D eigenvalue weighted by Crippen LogP contribution is 2.38. The third-order valence-electron chi connectivity index (χ3n) is 6.93. The number of hydrogen-bond acceptors (Lipinski definition) is 4. The van der Waals surface area contributed by atoms with Crippen molar-refractivity contribution in [2.24, 2.45) is 0 Å². The van der Waals surface area contributed by atoms with E-state index in [1.54, 1.807) is 40.2 Å². The Hall–Kier alpha value is -2.97. The highest BCUT2D eigenvalue weighted by molar-refractivity contribution is 6.30. The Morgan fingerprint density at radius 1 is 1.18 bits per heavy atom. The van der Waals surface area contributed by atoms with Crippen molar-refractivity contribution in [2.45, 2.75) is 58.4 Å². The molecule has 3 unspecified atom stereocenters. The van der Waals surface area contributed by atoms with Crippen LogP contribution in [0.2, 0.25) is 5.02 Å². The van der Waals surface area contributed by atoms with E-state index in [0.29, 0.717) is 24.5 Å². The predicted molar refractivity (Wildman–Crippen MR) is 126 cm³/mol. The van der Waals surface area contributed by atoms with Gasteiger partial charge >= 0.3 is 0 Å². The fourth-order valence-electron chi connectivity index (χ4n) is 5.03. The molecule has 178 valence electrons. The van der Waals surface area contributed by atoms with Crippen LogP contribution in [-0.2, 0) is 11.3 Å². The van der Waals surface area contributed by atoms with Gasteiger partial charge in [0.2, 0.25) is 0 Å². The number of fused-ring (bicyclic) bond motifs is 1. The molecule has 1 aromatic carbocycles. The Kier molecular flexibility index (Phi) is 5.81. The fourth-order valence-corrected chi connectivity index (χ4v) is 5.24. The Bertz CT molecular complexity index is 1330. The molecular weight excluding hydrogens is 459 g/mol. The van der Waals surface area contributed by atoms with Gasteiger partial charge in [-0.2, -0.15) is 0 Å². The van der Waals surface area contributed by atoms with Crippen molar-refractivity contribution in [3.63, 3.8) is 0 Å². The maximum Gasteiger partial charge on any atom is 0.275 e. The van der Waals surface area contributed by atoms with Crippen molar-refractivity contribution in [2.75, 3.05) is 6.54 Å². The molecule has 3 aromatic rings. The van der Waals surface area contributed by atoms with Crippen LogP contribution in [0, 0.1) is 19.7 Å². The zero-order chi connectivity index (χ0) is 24.1. The molecule has 3 atom stereocenters. The second kappa shape index (κ2) is 8.67. The van der Waals surface area contributed by atoms with Gasteiger partial charge in [0, 0.05) is 19.3 Å². The zero-order valence-electron chi connectivity index (χ0n) is 19.3. The van der Waals surface area contributed by atoms with Gasteiger partial charge in [0.05, 0.1) is 35.3 Å². The molecule has 34 heavy (non-hydrogen) atoms. The summed E-state index contributed by atoms with van der Waals surface area (Å²) in [5.41, 5.74) is 3.11. The molecule has 9 heteroatoms. The highest BCUT2D eigenvalue weighted by atomic mass is 35.5. The molecule has 1 saturated heterocycles. The van der Waals surface area contributed by atoms with E-state index >= 15 is 0 Å². The van der Waals surface area contributed by atoms with E-state index in [1.807, 2.05) is 20.8 Å². The van der Waals surface area contributed by atoms with Crippen molar-refractivity contribution in [3.8, 4) is 5.69 Å². The van der Waals surface area contributed by atoms with E-state index in [2.05, 4.69) is 4.98 Å². The van der Waals surface area contributed by atoms with Gasteiger partial charge in [-0.05, 0) is 69.0 Å². The minimum Gasteiger partial charge on any atom is -0.368 e. The molecule has 0 aliphatic carbocycles. The monoisotopic (exact) mass is 484 g/mol. The molecule has 7 nitrogen and oxygen atoms in total. The summed E-state index contributed by atoms with van der Waals surface area (Å²) in [6.07, 6.45) is 4.45. The first-order valence-electron chi connectivity index (χ1n) is 11.4. The van der Waals surface area contributed by atoms with Gasteiger partial charge in [0.25, 0.3) is 11.5 Å². The standard InChI is InChI=1S/C25H26ClFN4O3/c1-14-10-18(26)19(27)11-17(14)23-7-6-22(34-23)16(3)30-8-9-31-21(25(30)33)5-4-20(24(31)32)29-12-15(2)28-13-29/h4-5,10-13,16,22-23H,6-9H2,1-3H3. The van der Waals surface area contributed by atoms with E-state index in [9.17, 15) is 14.0 Å². The van der Waals surface area contributed by atoms with E-state index in [-0.39, 0.29) is 34.7 Å². The lowest BCUT2D eigenvalue weighted by Gasteiger charge is -2.37. The van der Waals surface area contributed by atoms with Crippen LogP contribution >= 0.6 is 11.6 Å². The molecular formula is C25H26ClFN4O3. The first-order valence-corrected chi connectivity index (χ1v) is 11.8. The molecule has 2 aliphatic heterocycles. The summed E-state index contributed by atoms with van der Waals surface area (Å²) in [6.45, 7) is 6.54. The van der Waals surface area contributed by atoms with Gasteiger partial charge in [0.1, 0.15) is 17.2 Å². The number of hydrogen-bond donors (Lipinski definition) is 0. The topological polar surface area (TPSA) is 69.4 Å². The number of amides is 1. The Balaban J connectivity index is 1.34. The lowest BCUT2D eigenvalue weighted by Crippen LogP contribution is -2.52. The summed E-state index contributed by atoms with van der Waals surface area (Å²) < 4.78 is 23.6. The number of halogens is 2. The molecule has 1 amide bonds. The quantitative estimate of drug-likeness (QED) is 0.556. The Morgan fingerprint density at radius 3 is 2.71 bits per heavy atom. The lowest BCUT2D eigenvalue weighted by molar-refractivity contribution is -0.00915. The maximum absolute atomic E-state index is 14.0. The number of rotatable bonds is 4. The summed E-state index contributed by atoms with van der Waals surface area (Å²) in [5, 5.41) is 0.100. The smallest absolute Gasteiger partial charge is 0.275 e. The first kappa shape index (κ1) is 22.8. The third kappa shape index (κ3) is 3.84. The average molecular weight is 485 g/mol. The third-order valence-corrected chi connectivity index (χ3v) is 7.22. The normalized spacial score (nSPS) is 21.1. The highest BCUT2D eigenvalue weighted by Gasteiger charge is 2.38. The SMILES string of the molecule is Cc1cn(-c2ccc3n(c2=O)CCN(C(C)C2CCC(c4cc(F)c(Cl)cc4C)O2)C3=O)cn1. The van der Waals surface area contributed by atoms with E-state index < -0.39 is 5.82 Å². The fraction of sp³-hybridized carbons (Fsp3) is 0.400. The van der Waals surface area contributed by atoms with E-state index in [1.165, 1.54) is 10.6 Å². The number of aryl methyl sites for hydroxylation is 2. The zero-order valence-corrected chi connectivity index (χ0v) is 20.1. The van der Waals surface area contributed by atoms with Gasteiger partial charge in [-0.15, -0.1) is 0 Å². The molecule has 0 spiro atoms. The van der Waals surface area contributed by atoms with Gasteiger partial charge in [0.15, 0.2) is 0 Å². The largest absolute Gasteiger partial charge is 0.368 e. The molecule has 1 fully saturated rings. The average Bonchev–Trinajstić information content (AvgIpc) is 3.46. The molecule has 4 heterocycles. The van der Waals surface area contributed by atoms with E-state index in [0.717, 1.165) is 29.7 Å². The molecule has 0 N–H and O–H groups in total. The van der Waals surface area contributed by atoms with Crippen LogP contribution in [-0.4, -0.2) is 43.6 Å².